The van der Waals surface area contributed by atoms with E-state index in [0.29, 0.717) is 19.0 Å². The zero-order valence-corrected chi connectivity index (χ0v) is 10.8. The number of carbonyl (C=O) groups excluding carboxylic acids is 1. The number of aromatic nitrogens is 1. The molecule has 0 atom stereocenters. The molecular formula is C13H21N3O. The molecule has 0 saturated heterocycles. The predicted molar refractivity (Wildman–Crippen MR) is 68.5 cm³/mol. The first-order valence-electron chi connectivity index (χ1n) is 5.96. The van der Waals surface area contributed by atoms with E-state index in [2.05, 4.69) is 29.5 Å². The molecule has 17 heavy (non-hydrogen) atoms. The van der Waals surface area contributed by atoms with Crippen LogP contribution in [-0.4, -0.2) is 24.0 Å². The van der Waals surface area contributed by atoms with E-state index in [1.54, 1.807) is 6.20 Å². The first kappa shape index (κ1) is 13.6. The summed E-state index contributed by atoms with van der Waals surface area (Å²) in [5, 5.41) is 5.98. The van der Waals surface area contributed by atoms with Gasteiger partial charge < -0.3 is 10.6 Å². The smallest absolute Gasteiger partial charge is 0.233 e. The number of nitrogens with one attached hydrogen (secondary N) is 2. The number of hydrogen-bond donors (Lipinski definition) is 2. The molecule has 0 aliphatic rings. The second kappa shape index (κ2) is 7.01. The maximum atomic E-state index is 11.4. The van der Waals surface area contributed by atoms with Crippen molar-refractivity contribution in [2.75, 3.05) is 13.1 Å². The van der Waals surface area contributed by atoms with Gasteiger partial charge in [-0.3, -0.25) is 9.78 Å². The number of amides is 1. The van der Waals surface area contributed by atoms with Gasteiger partial charge in [0.15, 0.2) is 0 Å². The van der Waals surface area contributed by atoms with E-state index in [1.807, 2.05) is 19.2 Å². The molecule has 0 aliphatic heterocycles. The highest BCUT2D eigenvalue weighted by Crippen LogP contribution is 2.03. The van der Waals surface area contributed by atoms with Crippen molar-refractivity contribution >= 4 is 5.91 Å². The van der Waals surface area contributed by atoms with Gasteiger partial charge in [-0.05, 0) is 30.0 Å². The van der Waals surface area contributed by atoms with Crippen LogP contribution in [0, 0.1) is 12.8 Å². The van der Waals surface area contributed by atoms with Gasteiger partial charge in [0, 0.05) is 25.5 Å². The molecule has 0 aromatic carbocycles. The quantitative estimate of drug-likeness (QED) is 0.780. The molecule has 0 spiro atoms. The van der Waals surface area contributed by atoms with Crippen LogP contribution in [0.25, 0.3) is 0 Å². The highest BCUT2D eigenvalue weighted by molar-refractivity contribution is 5.77. The van der Waals surface area contributed by atoms with E-state index in [4.69, 9.17) is 0 Å². The topological polar surface area (TPSA) is 54.0 Å². The van der Waals surface area contributed by atoms with Gasteiger partial charge in [-0.2, -0.15) is 0 Å². The van der Waals surface area contributed by atoms with Crippen LogP contribution in [0.1, 0.15) is 25.0 Å². The molecule has 4 nitrogen and oxygen atoms in total. The van der Waals surface area contributed by atoms with Crippen LogP contribution in [0.15, 0.2) is 18.5 Å². The minimum Gasteiger partial charge on any atom is -0.355 e. The summed E-state index contributed by atoms with van der Waals surface area (Å²) in [5.74, 6) is 0.528. The fourth-order valence-corrected chi connectivity index (χ4v) is 1.37. The lowest BCUT2D eigenvalue weighted by molar-refractivity contribution is -0.120. The molecule has 0 radical (unpaired) electrons. The van der Waals surface area contributed by atoms with E-state index >= 15 is 0 Å². The highest BCUT2D eigenvalue weighted by Gasteiger charge is 2.02. The van der Waals surface area contributed by atoms with Crippen molar-refractivity contribution in [3.8, 4) is 0 Å². The molecule has 2 N–H and O–H groups in total. The summed E-state index contributed by atoms with van der Waals surface area (Å²) in [4.78, 5) is 15.5. The molecule has 4 heteroatoms. The third kappa shape index (κ3) is 5.45. The Balaban J connectivity index is 2.24. The van der Waals surface area contributed by atoms with Crippen molar-refractivity contribution in [3.05, 3.63) is 29.6 Å². The van der Waals surface area contributed by atoms with Crippen LogP contribution >= 0.6 is 0 Å². The van der Waals surface area contributed by atoms with Gasteiger partial charge in [-0.25, -0.2) is 0 Å². The summed E-state index contributed by atoms with van der Waals surface area (Å²) < 4.78 is 0. The number of rotatable bonds is 6. The van der Waals surface area contributed by atoms with Crippen LogP contribution in [0.2, 0.25) is 0 Å². The molecule has 1 amide bonds. The maximum absolute atomic E-state index is 11.4. The van der Waals surface area contributed by atoms with Crippen molar-refractivity contribution in [1.82, 2.24) is 15.6 Å². The van der Waals surface area contributed by atoms with Crippen LogP contribution in [-0.2, 0) is 11.3 Å². The summed E-state index contributed by atoms with van der Waals surface area (Å²) in [5.41, 5.74) is 2.32. The third-order valence-corrected chi connectivity index (χ3v) is 2.46. The lowest BCUT2D eigenvalue weighted by Crippen LogP contribution is -2.35. The molecule has 94 valence electrons. The lowest BCUT2D eigenvalue weighted by atomic mass is 10.1. The van der Waals surface area contributed by atoms with Crippen molar-refractivity contribution in [3.63, 3.8) is 0 Å². The highest BCUT2D eigenvalue weighted by atomic mass is 16.1. The fraction of sp³-hybridized carbons (Fsp3) is 0.538. The Labute approximate surface area is 103 Å². The zero-order valence-electron chi connectivity index (χ0n) is 10.8. The van der Waals surface area contributed by atoms with E-state index < -0.39 is 0 Å². The largest absolute Gasteiger partial charge is 0.355 e. The van der Waals surface area contributed by atoms with E-state index in [0.717, 1.165) is 12.1 Å². The zero-order chi connectivity index (χ0) is 12.7. The van der Waals surface area contributed by atoms with Crippen molar-refractivity contribution in [1.29, 1.82) is 0 Å². The average Bonchev–Trinajstić information content (AvgIpc) is 2.29. The van der Waals surface area contributed by atoms with E-state index in [9.17, 15) is 4.79 Å². The number of carbonyl (C=O) groups is 1. The fourth-order valence-electron chi connectivity index (χ4n) is 1.37. The Morgan fingerprint density at radius 2 is 2.24 bits per heavy atom. The molecule has 0 fully saturated rings. The number of nitrogens with zero attached hydrogens (tertiary/aromatic N) is 1. The minimum absolute atomic E-state index is 0.0419. The molecule has 0 aliphatic carbocycles. The summed E-state index contributed by atoms with van der Waals surface area (Å²) >= 11 is 0. The first-order chi connectivity index (χ1) is 8.09. The molecule has 0 unspecified atom stereocenters. The summed E-state index contributed by atoms with van der Waals surface area (Å²) in [6.45, 7) is 7.94. The summed E-state index contributed by atoms with van der Waals surface area (Å²) in [6.07, 6.45) is 3.60. The van der Waals surface area contributed by atoms with Crippen LogP contribution in [0.5, 0.6) is 0 Å². The van der Waals surface area contributed by atoms with Crippen LogP contribution in [0.4, 0.5) is 0 Å². The molecular weight excluding hydrogens is 214 g/mol. The van der Waals surface area contributed by atoms with Crippen molar-refractivity contribution < 1.29 is 4.79 Å². The lowest BCUT2D eigenvalue weighted by Gasteiger charge is -2.09. The average molecular weight is 235 g/mol. The monoisotopic (exact) mass is 235 g/mol. The second-order valence-corrected chi connectivity index (χ2v) is 4.60. The van der Waals surface area contributed by atoms with Gasteiger partial charge in [0.05, 0.1) is 6.54 Å². The molecule has 1 rings (SSSR count). The van der Waals surface area contributed by atoms with Gasteiger partial charge in [-0.15, -0.1) is 0 Å². The Morgan fingerprint density at radius 3 is 2.88 bits per heavy atom. The summed E-state index contributed by atoms with van der Waals surface area (Å²) in [7, 11) is 0. The van der Waals surface area contributed by atoms with Gasteiger partial charge in [-0.1, -0.05) is 13.8 Å². The van der Waals surface area contributed by atoms with Gasteiger partial charge in [0.25, 0.3) is 0 Å². The Hall–Kier alpha value is -1.42. The van der Waals surface area contributed by atoms with Gasteiger partial charge in [0.2, 0.25) is 5.91 Å². The molecule has 0 saturated carbocycles. The molecule has 1 aromatic heterocycles. The first-order valence-corrected chi connectivity index (χ1v) is 5.96. The molecule has 1 heterocycles. The van der Waals surface area contributed by atoms with Crippen molar-refractivity contribution in [2.24, 2.45) is 5.92 Å². The second-order valence-electron chi connectivity index (χ2n) is 4.60. The minimum atomic E-state index is 0.0419. The molecule has 0 bridgehead atoms. The Kier molecular flexibility index (Phi) is 5.63. The SMILES string of the molecule is Cc1ccncc1CNCC(=O)NCC(C)C. The summed E-state index contributed by atoms with van der Waals surface area (Å²) in [6, 6.07) is 1.97. The van der Waals surface area contributed by atoms with Crippen LogP contribution < -0.4 is 10.6 Å². The number of hydrogen-bond acceptors (Lipinski definition) is 3. The number of aryl methyl sites for hydroxylation is 1. The molecule has 1 aromatic rings. The standard InChI is InChI=1S/C13H21N3O/c1-10(2)6-16-13(17)9-15-8-12-7-14-5-4-11(12)3/h4-5,7,10,15H,6,8-9H2,1-3H3,(H,16,17). The van der Waals surface area contributed by atoms with Gasteiger partial charge >= 0.3 is 0 Å². The maximum Gasteiger partial charge on any atom is 0.233 e. The van der Waals surface area contributed by atoms with E-state index in [-0.39, 0.29) is 5.91 Å². The van der Waals surface area contributed by atoms with Crippen molar-refractivity contribution in [2.45, 2.75) is 27.3 Å². The predicted octanol–water partition coefficient (Wildman–Crippen LogP) is 1.25. The van der Waals surface area contributed by atoms with Crippen LogP contribution in [0.3, 0.4) is 0 Å². The van der Waals surface area contributed by atoms with Gasteiger partial charge in [0.1, 0.15) is 0 Å². The normalized spacial score (nSPS) is 10.6. The number of pyridine rings is 1. The Bertz CT molecular complexity index is 363. The third-order valence-electron chi connectivity index (χ3n) is 2.46. The van der Waals surface area contributed by atoms with E-state index in [1.165, 1.54) is 5.56 Å². The Morgan fingerprint density at radius 1 is 1.47 bits per heavy atom.